The number of H-pyrrole nitrogens is 1. The van der Waals surface area contributed by atoms with Gasteiger partial charge >= 0.3 is 17.6 Å². The zero-order valence-electron chi connectivity index (χ0n) is 20.4. The molecule has 1 saturated heterocycles. The Morgan fingerprint density at radius 2 is 1.97 bits per heavy atom. The molecule has 3 N–H and O–H groups in total. The van der Waals surface area contributed by atoms with Gasteiger partial charge in [-0.15, -0.1) is 0 Å². The molecule has 0 spiro atoms. The first-order chi connectivity index (χ1) is 17.5. The van der Waals surface area contributed by atoms with Crippen LogP contribution >= 0.6 is 0 Å². The van der Waals surface area contributed by atoms with Crippen LogP contribution in [-0.2, 0) is 33.3 Å². The second-order valence-electron chi connectivity index (χ2n) is 9.26. The summed E-state index contributed by atoms with van der Waals surface area (Å²) in [4.78, 5) is 63.9. The number of hydrogen-bond donors (Lipinski definition) is 2. The third-order valence-electron chi connectivity index (χ3n) is 6.43. The Hall–Kier alpha value is -4.18. The SMILES string of the molecule is CC(=O)OC[C@H]1O[C@@H](n2cc(C3C(C#N)=C(N)OC4=C3C(=O)CC(C)C4)c(=O)[nH]c2=O)C[C@@H]1OC(C)=O. The number of esters is 2. The van der Waals surface area contributed by atoms with Crippen molar-refractivity contribution < 1.29 is 33.3 Å². The number of nitrogens with two attached hydrogens (primary N) is 1. The van der Waals surface area contributed by atoms with Crippen LogP contribution in [0.2, 0.25) is 0 Å². The number of aromatic amines is 1. The maximum atomic E-state index is 13.0. The van der Waals surface area contributed by atoms with Gasteiger partial charge in [0.2, 0.25) is 5.88 Å². The lowest BCUT2D eigenvalue weighted by molar-refractivity contribution is -0.155. The van der Waals surface area contributed by atoms with Crippen LogP contribution in [0.4, 0.5) is 0 Å². The first-order valence-corrected chi connectivity index (χ1v) is 11.6. The fourth-order valence-electron chi connectivity index (χ4n) is 4.88. The molecule has 0 aromatic carbocycles. The van der Waals surface area contributed by atoms with E-state index in [2.05, 4.69) is 4.98 Å². The fourth-order valence-corrected chi connectivity index (χ4v) is 4.88. The second-order valence-corrected chi connectivity index (χ2v) is 9.26. The molecule has 1 aliphatic carbocycles. The summed E-state index contributed by atoms with van der Waals surface area (Å²) in [5.41, 5.74) is 4.30. The number of hydrogen-bond acceptors (Lipinski definition) is 11. The number of nitriles is 1. The molecule has 13 heteroatoms. The molecule has 4 rings (SSSR count). The van der Waals surface area contributed by atoms with E-state index in [-0.39, 0.29) is 59.5 Å². The molecule has 0 bridgehead atoms. The second kappa shape index (κ2) is 10.1. The summed E-state index contributed by atoms with van der Waals surface area (Å²) in [7, 11) is 0. The molecule has 1 aromatic heterocycles. The number of nitrogens with one attached hydrogen (secondary N) is 1. The largest absolute Gasteiger partial charge is 0.463 e. The van der Waals surface area contributed by atoms with Crippen molar-refractivity contribution in [2.24, 2.45) is 11.7 Å². The molecule has 196 valence electrons. The first-order valence-electron chi connectivity index (χ1n) is 11.6. The molecular weight excluding hydrogens is 488 g/mol. The topological polar surface area (TPSA) is 193 Å². The van der Waals surface area contributed by atoms with Gasteiger partial charge in [-0.2, -0.15) is 5.26 Å². The van der Waals surface area contributed by atoms with Gasteiger partial charge in [0, 0.05) is 50.4 Å². The summed E-state index contributed by atoms with van der Waals surface area (Å²) in [6.07, 6.45) is -0.919. The van der Waals surface area contributed by atoms with Crippen LogP contribution in [-0.4, -0.2) is 46.1 Å². The van der Waals surface area contributed by atoms with Gasteiger partial charge < -0.3 is 24.7 Å². The molecule has 2 aliphatic heterocycles. The fraction of sp³-hybridized carbons (Fsp3) is 0.500. The molecular formula is C24H26N4O9. The molecule has 0 radical (unpaired) electrons. The first kappa shape index (κ1) is 25.9. The molecule has 5 atom stereocenters. The molecule has 3 heterocycles. The highest BCUT2D eigenvalue weighted by molar-refractivity contribution is 5.99. The minimum Gasteiger partial charge on any atom is -0.463 e. The number of nitrogens with zero attached hydrogens (tertiary/aromatic N) is 2. The van der Waals surface area contributed by atoms with Gasteiger partial charge in [0.15, 0.2) is 5.78 Å². The van der Waals surface area contributed by atoms with Crippen molar-refractivity contribution in [3.63, 3.8) is 0 Å². The van der Waals surface area contributed by atoms with E-state index in [0.29, 0.717) is 6.42 Å². The molecule has 1 fully saturated rings. The number of allylic oxidation sites excluding steroid dienone is 3. The highest BCUT2D eigenvalue weighted by Crippen LogP contribution is 2.43. The average molecular weight is 514 g/mol. The van der Waals surface area contributed by atoms with Crippen LogP contribution in [0.3, 0.4) is 0 Å². The number of carbonyl (C=O) groups excluding carboxylic acids is 3. The van der Waals surface area contributed by atoms with Crippen LogP contribution < -0.4 is 17.0 Å². The quantitative estimate of drug-likeness (QED) is 0.516. The van der Waals surface area contributed by atoms with Crippen LogP contribution in [0, 0.1) is 17.2 Å². The van der Waals surface area contributed by atoms with Gasteiger partial charge in [0.1, 0.15) is 42.4 Å². The van der Waals surface area contributed by atoms with Crippen molar-refractivity contribution in [1.82, 2.24) is 9.55 Å². The standard InChI is InChI=1S/C24H26N4O9/c1-10-4-15(31)21-17(5-10)37-22(26)13(7-25)20(21)14-8-28(24(33)27-23(14)32)19-6-16(35-12(3)30)18(36-19)9-34-11(2)29/h8,10,16,18-20H,4-6,9,26H2,1-3H3,(H,27,32,33)/t10?,16-,18+,19+,20?/m0/s1. The Bertz CT molecular complexity index is 1380. The summed E-state index contributed by atoms with van der Waals surface area (Å²) in [5, 5.41) is 9.81. The van der Waals surface area contributed by atoms with E-state index in [1.807, 2.05) is 13.0 Å². The summed E-state index contributed by atoms with van der Waals surface area (Å²) in [6.45, 7) is 4.06. The maximum Gasteiger partial charge on any atom is 0.330 e. The third kappa shape index (κ3) is 5.05. The van der Waals surface area contributed by atoms with Crippen LogP contribution in [0.25, 0.3) is 0 Å². The van der Waals surface area contributed by atoms with Gasteiger partial charge in [-0.05, 0) is 5.92 Å². The van der Waals surface area contributed by atoms with E-state index >= 15 is 0 Å². The predicted molar refractivity (Wildman–Crippen MR) is 123 cm³/mol. The van der Waals surface area contributed by atoms with Crippen LogP contribution in [0.1, 0.15) is 57.7 Å². The molecule has 0 saturated carbocycles. The number of ketones is 1. The van der Waals surface area contributed by atoms with Gasteiger partial charge in [-0.3, -0.25) is 28.7 Å². The number of Topliss-reactive ketones (excluding diaryl/α,β-unsaturated/α-hetero) is 1. The molecule has 0 amide bonds. The van der Waals surface area contributed by atoms with Crippen molar-refractivity contribution >= 4 is 17.7 Å². The van der Waals surface area contributed by atoms with E-state index in [1.165, 1.54) is 20.0 Å². The van der Waals surface area contributed by atoms with Crippen molar-refractivity contribution in [1.29, 1.82) is 5.26 Å². The lowest BCUT2D eigenvalue weighted by Gasteiger charge is -2.32. The van der Waals surface area contributed by atoms with E-state index in [1.54, 1.807) is 0 Å². The summed E-state index contributed by atoms with van der Waals surface area (Å²) >= 11 is 0. The highest BCUT2D eigenvalue weighted by Gasteiger charge is 2.43. The van der Waals surface area contributed by atoms with E-state index < -0.39 is 47.5 Å². The lowest BCUT2D eigenvalue weighted by Crippen LogP contribution is -2.38. The summed E-state index contributed by atoms with van der Waals surface area (Å²) < 4.78 is 22.8. The Kier molecular flexibility index (Phi) is 7.04. The van der Waals surface area contributed by atoms with Crippen molar-refractivity contribution in [3.8, 4) is 6.07 Å². The predicted octanol–water partition coefficient (Wildman–Crippen LogP) is 0.380. The normalized spacial score (nSPS) is 27.3. The molecule has 3 aliphatic rings. The summed E-state index contributed by atoms with van der Waals surface area (Å²) in [5.74, 6) is -2.55. The zero-order chi connectivity index (χ0) is 27.0. The van der Waals surface area contributed by atoms with E-state index in [9.17, 15) is 29.2 Å². The Balaban J connectivity index is 1.77. The van der Waals surface area contributed by atoms with Crippen molar-refractivity contribution in [2.45, 2.75) is 64.4 Å². The molecule has 37 heavy (non-hydrogen) atoms. The lowest BCUT2D eigenvalue weighted by atomic mass is 9.76. The molecule has 2 unspecified atom stereocenters. The maximum absolute atomic E-state index is 13.0. The monoisotopic (exact) mass is 514 g/mol. The number of carbonyl (C=O) groups is 3. The Labute approximate surface area is 210 Å². The number of aromatic nitrogens is 2. The van der Waals surface area contributed by atoms with Gasteiger partial charge in [-0.25, -0.2) is 4.79 Å². The third-order valence-corrected chi connectivity index (χ3v) is 6.43. The summed E-state index contributed by atoms with van der Waals surface area (Å²) in [6, 6.07) is 1.93. The van der Waals surface area contributed by atoms with Crippen molar-refractivity contribution in [3.05, 3.63) is 55.4 Å². The van der Waals surface area contributed by atoms with Crippen molar-refractivity contribution in [2.75, 3.05) is 6.61 Å². The van der Waals surface area contributed by atoms with Crippen LogP contribution in [0.15, 0.2) is 38.6 Å². The Morgan fingerprint density at radius 3 is 2.62 bits per heavy atom. The number of ether oxygens (including phenoxy) is 4. The van der Waals surface area contributed by atoms with Crippen LogP contribution in [0.5, 0.6) is 0 Å². The number of rotatable bonds is 5. The van der Waals surface area contributed by atoms with Gasteiger partial charge in [-0.1, -0.05) is 6.92 Å². The van der Waals surface area contributed by atoms with E-state index in [0.717, 1.165) is 4.57 Å². The van der Waals surface area contributed by atoms with Gasteiger partial charge in [0.05, 0.1) is 5.92 Å². The molecule has 13 nitrogen and oxygen atoms in total. The van der Waals surface area contributed by atoms with E-state index in [4.69, 9.17) is 24.7 Å². The molecule has 1 aromatic rings. The average Bonchev–Trinajstić information content (AvgIpc) is 3.18. The minimum atomic E-state index is -1.15. The smallest absolute Gasteiger partial charge is 0.330 e. The highest BCUT2D eigenvalue weighted by atomic mass is 16.6. The van der Waals surface area contributed by atoms with Gasteiger partial charge in [0.25, 0.3) is 5.56 Å². The zero-order valence-corrected chi connectivity index (χ0v) is 20.4. The minimum absolute atomic E-state index is 0.0121. The Morgan fingerprint density at radius 1 is 1.24 bits per heavy atom.